The molecule has 1 aromatic heterocycles. The summed E-state index contributed by atoms with van der Waals surface area (Å²) in [7, 11) is 1.54. The van der Waals surface area contributed by atoms with Crippen molar-refractivity contribution < 1.29 is 13.9 Å². The van der Waals surface area contributed by atoms with Crippen molar-refractivity contribution >= 4 is 23.4 Å². The van der Waals surface area contributed by atoms with Gasteiger partial charge in [0.15, 0.2) is 0 Å². The average molecular weight is 420 g/mol. The number of halogens is 1. The summed E-state index contributed by atoms with van der Waals surface area (Å²) in [6, 6.07) is 6.89. The minimum Gasteiger partial charge on any atom is -0.496 e. The lowest BCUT2D eigenvalue weighted by Gasteiger charge is -2.20. The summed E-state index contributed by atoms with van der Waals surface area (Å²) in [5.41, 5.74) is 4.37. The Labute approximate surface area is 181 Å². The zero-order valence-electron chi connectivity index (χ0n) is 17.7. The Balaban J connectivity index is 1.42. The summed E-state index contributed by atoms with van der Waals surface area (Å²) in [5, 5.41) is 3.19. The standard InChI is InChI=1S/C25H26FN3O2/c1-17-8-10-20-15-18(16-27-25(20)28-17)9-11-23(30)29-13-4-5-19(12-14-29)24-21(26)6-3-7-22(24)31-2/h3,5-7,9,11,15-16H,1,4,8,10,12-14H2,2H3,(H,27,28)/b11-9+. The van der Waals surface area contributed by atoms with Gasteiger partial charge in [-0.3, -0.25) is 4.79 Å². The zero-order chi connectivity index (χ0) is 21.8. The molecule has 160 valence electrons. The van der Waals surface area contributed by atoms with Gasteiger partial charge in [-0.2, -0.15) is 0 Å². The first kappa shape index (κ1) is 20.8. The van der Waals surface area contributed by atoms with Crippen molar-refractivity contribution in [3.05, 3.63) is 77.4 Å². The molecule has 1 aromatic carbocycles. The number of methoxy groups -OCH3 is 1. The first-order valence-electron chi connectivity index (χ1n) is 10.5. The highest BCUT2D eigenvalue weighted by atomic mass is 19.1. The molecular weight excluding hydrogens is 393 g/mol. The van der Waals surface area contributed by atoms with Crippen LogP contribution in [-0.4, -0.2) is 36.0 Å². The predicted octanol–water partition coefficient (Wildman–Crippen LogP) is 4.82. The third-order valence-electron chi connectivity index (χ3n) is 5.67. The van der Waals surface area contributed by atoms with E-state index in [0.717, 1.165) is 41.1 Å². The average Bonchev–Trinajstić information content (AvgIpc) is 3.03. The van der Waals surface area contributed by atoms with Crippen LogP contribution in [0, 0.1) is 5.82 Å². The van der Waals surface area contributed by atoms with Gasteiger partial charge < -0.3 is 15.0 Å². The number of amides is 1. The number of rotatable bonds is 4. The van der Waals surface area contributed by atoms with E-state index < -0.39 is 0 Å². The summed E-state index contributed by atoms with van der Waals surface area (Å²) in [6.45, 7) is 5.07. The lowest BCUT2D eigenvalue weighted by Crippen LogP contribution is -2.30. The number of ether oxygens (including phenoxy) is 1. The van der Waals surface area contributed by atoms with Crippen LogP contribution in [0.3, 0.4) is 0 Å². The van der Waals surface area contributed by atoms with Gasteiger partial charge in [0.25, 0.3) is 0 Å². The Kier molecular flexibility index (Phi) is 6.16. The van der Waals surface area contributed by atoms with Gasteiger partial charge in [-0.05, 0) is 66.7 Å². The molecule has 0 aliphatic carbocycles. The second-order valence-electron chi connectivity index (χ2n) is 7.75. The highest BCUT2D eigenvalue weighted by molar-refractivity contribution is 5.92. The predicted molar refractivity (Wildman–Crippen MR) is 121 cm³/mol. The van der Waals surface area contributed by atoms with Crippen molar-refractivity contribution in [2.45, 2.75) is 25.7 Å². The maximum atomic E-state index is 14.4. The van der Waals surface area contributed by atoms with Crippen LogP contribution in [0.5, 0.6) is 5.75 Å². The van der Waals surface area contributed by atoms with Gasteiger partial charge >= 0.3 is 0 Å². The van der Waals surface area contributed by atoms with Gasteiger partial charge in [0.05, 0.1) is 12.7 Å². The Morgan fingerprint density at radius 2 is 2.16 bits per heavy atom. The lowest BCUT2D eigenvalue weighted by atomic mass is 10.0. The maximum absolute atomic E-state index is 14.4. The molecule has 1 N–H and O–H groups in total. The van der Waals surface area contributed by atoms with Crippen molar-refractivity contribution in [3.8, 4) is 5.75 Å². The SMILES string of the molecule is C=C1CCc2cc(/C=C/C(=O)N3CCC=C(c4c(F)cccc4OC)CC3)cnc2N1. The number of aromatic nitrogens is 1. The summed E-state index contributed by atoms with van der Waals surface area (Å²) in [6.07, 6.45) is 10.2. The fourth-order valence-electron chi connectivity index (χ4n) is 4.01. The molecule has 2 aliphatic rings. The maximum Gasteiger partial charge on any atom is 0.246 e. The van der Waals surface area contributed by atoms with Crippen molar-refractivity contribution in [2.24, 2.45) is 0 Å². The minimum atomic E-state index is -0.303. The Hall–Kier alpha value is -3.41. The molecule has 0 saturated carbocycles. The zero-order valence-corrected chi connectivity index (χ0v) is 17.7. The number of nitrogens with one attached hydrogen (secondary N) is 1. The summed E-state index contributed by atoms with van der Waals surface area (Å²) < 4.78 is 19.8. The smallest absolute Gasteiger partial charge is 0.246 e. The molecule has 4 rings (SSSR count). The van der Waals surface area contributed by atoms with Crippen molar-refractivity contribution in [1.29, 1.82) is 0 Å². The number of fused-ring (bicyclic) bond motifs is 1. The van der Waals surface area contributed by atoms with Crippen LogP contribution in [0.25, 0.3) is 11.6 Å². The number of hydrogen-bond donors (Lipinski definition) is 1. The molecule has 2 aromatic rings. The summed E-state index contributed by atoms with van der Waals surface area (Å²) >= 11 is 0. The molecule has 0 bridgehead atoms. The van der Waals surface area contributed by atoms with Crippen LogP contribution in [0.2, 0.25) is 0 Å². The fourth-order valence-corrected chi connectivity index (χ4v) is 4.01. The Bertz CT molecular complexity index is 1070. The normalized spacial score (nSPS) is 16.4. The van der Waals surface area contributed by atoms with Crippen LogP contribution in [-0.2, 0) is 11.2 Å². The van der Waals surface area contributed by atoms with E-state index in [9.17, 15) is 9.18 Å². The molecular formula is C25H26FN3O2. The topological polar surface area (TPSA) is 54.5 Å². The quantitative estimate of drug-likeness (QED) is 0.722. The molecule has 2 aliphatic heterocycles. The van der Waals surface area contributed by atoms with Crippen LogP contribution in [0.4, 0.5) is 10.2 Å². The molecule has 0 atom stereocenters. The van der Waals surface area contributed by atoms with Crippen LogP contribution >= 0.6 is 0 Å². The van der Waals surface area contributed by atoms with E-state index in [2.05, 4.69) is 22.9 Å². The van der Waals surface area contributed by atoms with E-state index in [0.29, 0.717) is 37.2 Å². The van der Waals surface area contributed by atoms with Crippen molar-refractivity contribution in [1.82, 2.24) is 9.88 Å². The van der Waals surface area contributed by atoms with E-state index in [1.165, 1.54) is 13.2 Å². The van der Waals surface area contributed by atoms with E-state index in [-0.39, 0.29) is 11.7 Å². The molecule has 5 nitrogen and oxygen atoms in total. The van der Waals surface area contributed by atoms with Crippen LogP contribution in [0.15, 0.2) is 54.9 Å². The van der Waals surface area contributed by atoms with Gasteiger partial charge in [-0.25, -0.2) is 9.37 Å². The van der Waals surface area contributed by atoms with Crippen LogP contribution in [0.1, 0.15) is 36.0 Å². The number of aryl methyl sites for hydroxylation is 1. The monoisotopic (exact) mass is 419 g/mol. The number of carbonyl (C=O) groups excluding carboxylic acids is 1. The number of allylic oxidation sites excluding steroid dienone is 1. The minimum absolute atomic E-state index is 0.0561. The van der Waals surface area contributed by atoms with Gasteiger partial charge in [0, 0.05) is 31.1 Å². The Morgan fingerprint density at radius 3 is 3.00 bits per heavy atom. The summed E-state index contributed by atoms with van der Waals surface area (Å²) in [4.78, 5) is 19.0. The molecule has 0 fully saturated rings. The first-order valence-corrected chi connectivity index (χ1v) is 10.5. The number of carbonyl (C=O) groups is 1. The molecule has 0 spiro atoms. The van der Waals surface area contributed by atoms with Crippen molar-refractivity contribution in [3.63, 3.8) is 0 Å². The molecule has 0 saturated heterocycles. The number of anilines is 1. The fraction of sp³-hybridized carbons (Fsp3) is 0.280. The van der Waals surface area contributed by atoms with E-state index in [4.69, 9.17) is 4.74 Å². The van der Waals surface area contributed by atoms with E-state index in [1.54, 1.807) is 35.4 Å². The van der Waals surface area contributed by atoms with E-state index >= 15 is 0 Å². The van der Waals surface area contributed by atoms with Gasteiger partial charge in [0.1, 0.15) is 17.4 Å². The highest BCUT2D eigenvalue weighted by Gasteiger charge is 2.19. The third kappa shape index (κ3) is 4.68. The van der Waals surface area contributed by atoms with Gasteiger partial charge in [-0.15, -0.1) is 0 Å². The first-order chi connectivity index (χ1) is 15.0. The molecule has 6 heteroatoms. The second-order valence-corrected chi connectivity index (χ2v) is 7.75. The van der Waals surface area contributed by atoms with Crippen molar-refractivity contribution in [2.75, 3.05) is 25.5 Å². The second kappa shape index (κ2) is 9.16. The lowest BCUT2D eigenvalue weighted by molar-refractivity contribution is -0.125. The molecule has 0 unspecified atom stereocenters. The number of pyridine rings is 1. The molecule has 1 amide bonds. The van der Waals surface area contributed by atoms with Gasteiger partial charge in [0.2, 0.25) is 5.91 Å². The number of nitrogens with zero attached hydrogens (tertiary/aromatic N) is 2. The number of benzene rings is 1. The molecule has 31 heavy (non-hydrogen) atoms. The van der Waals surface area contributed by atoms with Crippen LogP contribution < -0.4 is 10.1 Å². The van der Waals surface area contributed by atoms with Gasteiger partial charge in [-0.1, -0.05) is 18.7 Å². The largest absolute Gasteiger partial charge is 0.496 e. The highest BCUT2D eigenvalue weighted by Crippen LogP contribution is 2.32. The van der Waals surface area contributed by atoms with E-state index in [1.807, 2.05) is 6.08 Å². The molecule has 0 radical (unpaired) electrons. The Morgan fingerprint density at radius 1 is 1.29 bits per heavy atom. The third-order valence-corrected chi connectivity index (χ3v) is 5.67. The molecule has 3 heterocycles. The number of hydrogen-bond acceptors (Lipinski definition) is 4. The summed E-state index contributed by atoms with van der Waals surface area (Å²) in [5.74, 6) is 1.00.